The minimum atomic E-state index is 0.562. The molecule has 2 aliphatic heterocycles. The summed E-state index contributed by atoms with van der Waals surface area (Å²) in [5.41, 5.74) is 15.4. The van der Waals surface area contributed by atoms with Crippen LogP contribution in [0.25, 0.3) is 5.69 Å². The van der Waals surface area contributed by atoms with Crippen LogP contribution in [-0.2, 0) is 19.6 Å². The van der Waals surface area contributed by atoms with Gasteiger partial charge in [-0.05, 0) is 97.9 Å². The Morgan fingerprint density at radius 1 is 0.820 bits per heavy atom. The van der Waals surface area contributed by atoms with Crippen LogP contribution in [-0.4, -0.2) is 121 Å². The lowest BCUT2D eigenvalue weighted by molar-refractivity contribution is 0.147. The molecule has 3 heterocycles. The molecule has 3 aromatic rings. The molecule has 2 aromatic carbocycles. The summed E-state index contributed by atoms with van der Waals surface area (Å²) in [5.74, 6) is 3.62. The molecule has 3 fully saturated rings. The number of nitrogens with zero attached hydrogens (tertiary/aromatic N) is 7. The van der Waals surface area contributed by atoms with Gasteiger partial charge in [0.15, 0.2) is 0 Å². The number of nitrogens with one attached hydrogen (secondary N) is 1. The molecule has 1 aromatic heterocycles. The van der Waals surface area contributed by atoms with Crippen LogP contribution in [0.15, 0.2) is 54.7 Å². The monoisotopic (exact) mass is 798 g/mol. The second-order valence-corrected chi connectivity index (χ2v) is 14.8. The Balaban J connectivity index is 0.000000197. The van der Waals surface area contributed by atoms with E-state index in [9.17, 15) is 0 Å². The predicted octanol–water partition coefficient (Wildman–Crippen LogP) is 4.26. The van der Waals surface area contributed by atoms with E-state index in [0.29, 0.717) is 13.1 Å². The molecule has 3 aliphatic rings. The van der Waals surface area contributed by atoms with Crippen molar-refractivity contribution in [2.75, 3.05) is 80.0 Å². The van der Waals surface area contributed by atoms with E-state index < -0.39 is 0 Å². The number of piperazine rings is 2. The highest BCUT2D eigenvalue weighted by Crippen LogP contribution is 2.26. The molecule has 5 N–H and O–H groups in total. The quantitative estimate of drug-likeness (QED) is 0.228. The predicted molar refractivity (Wildman–Crippen MR) is 217 cm³/mol. The van der Waals surface area contributed by atoms with Crippen molar-refractivity contribution in [1.29, 1.82) is 0 Å². The Morgan fingerprint density at radius 3 is 1.86 bits per heavy atom. The minimum absolute atomic E-state index is 0.562. The first kappa shape index (κ1) is 42.0. The average molecular weight is 799 g/mol. The van der Waals surface area contributed by atoms with E-state index in [0.717, 1.165) is 94.4 Å². The number of halogens is 1. The van der Waals surface area contributed by atoms with Gasteiger partial charge in [-0.25, -0.2) is 4.68 Å². The van der Waals surface area contributed by atoms with Crippen molar-refractivity contribution in [1.82, 2.24) is 39.9 Å². The van der Waals surface area contributed by atoms with Crippen LogP contribution < -0.4 is 16.8 Å². The number of benzene rings is 2. The Kier molecular flexibility index (Phi) is 20.1. The third-order valence-corrected chi connectivity index (χ3v) is 10.5. The van der Waals surface area contributed by atoms with Crippen molar-refractivity contribution in [2.24, 2.45) is 17.4 Å². The second kappa shape index (κ2) is 23.9. The van der Waals surface area contributed by atoms with Gasteiger partial charge in [-0.1, -0.05) is 61.6 Å². The Bertz CT molecular complexity index is 1330. The van der Waals surface area contributed by atoms with Crippen LogP contribution in [0.4, 0.5) is 0 Å². The van der Waals surface area contributed by atoms with Crippen molar-refractivity contribution in [3.63, 3.8) is 0 Å². The van der Waals surface area contributed by atoms with Crippen molar-refractivity contribution in [2.45, 2.75) is 64.7 Å². The highest BCUT2D eigenvalue weighted by atomic mass is 127. The van der Waals surface area contributed by atoms with Gasteiger partial charge in [0, 0.05) is 81.6 Å². The normalized spacial score (nSPS) is 20.3. The Labute approximate surface area is 316 Å². The highest BCUT2D eigenvalue weighted by molar-refractivity contribution is 14.1. The van der Waals surface area contributed by atoms with Gasteiger partial charge in [0.05, 0.1) is 24.1 Å². The van der Waals surface area contributed by atoms with Crippen LogP contribution in [0.2, 0.25) is 0 Å². The van der Waals surface area contributed by atoms with Gasteiger partial charge in [-0.3, -0.25) is 9.80 Å². The zero-order chi connectivity index (χ0) is 36.1. The number of hydrogen-bond donors (Lipinski definition) is 3. The van der Waals surface area contributed by atoms with Gasteiger partial charge in [-0.2, -0.15) is 0 Å². The SMILES string of the molecule is C#CCN1CCN(C)CC1.CC[C@H]1CCCC[C@@H]1NC.CN1CCN(Cc2cn(-c3ccc(CN)cc3)nn2)CC1.NCc1ccc(I)cc1. The van der Waals surface area contributed by atoms with E-state index in [4.69, 9.17) is 17.9 Å². The van der Waals surface area contributed by atoms with Gasteiger partial charge in [0.2, 0.25) is 0 Å². The molecular weight excluding hydrogens is 735 g/mol. The van der Waals surface area contributed by atoms with Gasteiger partial charge in [-0.15, -0.1) is 11.5 Å². The van der Waals surface area contributed by atoms with Gasteiger partial charge in [0.25, 0.3) is 0 Å². The van der Waals surface area contributed by atoms with Crippen molar-refractivity contribution in [3.05, 3.63) is 75.1 Å². The molecule has 0 spiro atoms. The Hall–Kier alpha value is -2.41. The van der Waals surface area contributed by atoms with Crippen molar-refractivity contribution >= 4 is 22.6 Å². The molecule has 276 valence electrons. The lowest BCUT2D eigenvalue weighted by Gasteiger charge is -2.31. The maximum Gasteiger partial charge on any atom is 0.0971 e. The standard InChI is InChI=1S/C15H22N6.C9H19N.C8H14N2.C7H8IN/c1-19-6-8-20(9-7-19)11-14-12-21(18-17-14)15-4-2-13(10-16)3-5-15;1-3-8-6-4-5-7-9(8)10-2;1-3-4-10-7-5-9(2)6-8-10;8-7-3-1-6(5-9)2-4-7/h2-5,12H,6-11,16H2,1H3;8-10H,3-7H2,1-2H3;1H,4-8H2,2H3;1-4H,5,9H2/t;8-,9-;;/m.0../s1. The first-order chi connectivity index (χ1) is 24.3. The molecule has 2 atom stereocenters. The van der Waals surface area contributed by atoms with Crippen LogP contribution in [0.3, 0.4) is 0 Å². The molecule has 10 nitrogen and oxygen atoms in total. The third kappa shape index (κ3) is 15.5. The maximum absolute atomic E-state index is 5.61. The summed E-state index contributed by atoms with van der Waals surface area (Å²) in [6.07, 6.45) is 14.3. The highest BCUT2D eigenvalue weighted by Gasteiger charge is 2.21. The van der Waals surface area contributed by atoms with Crippen LogP contribution in [0.1, 0.15) is 55.8 Å². The zero-order valence-corrected chi connectivity index (χ0v) is 33.3. The van der Waals surface area contributed by atoms with E-state index in [1.54, 1.807) is 0 Å². The molecule has 1 saturated carbocycles. The fourth-order valence-electron chi connectivity index (χ4n) is 6.35. The first-order valence-electron chi connectivity index (χ1n) is 18.4. The lowest BCUT2D eigenvalue weighted by atomic mass is 9.83. The molecule has 1 aliphatic carbocycles. The molecule has 2 saturated heterocycles. The summed E-state index contributed by atoms with van der Waals surface area (Å²) in [7, 11) is 6.41. The van der Waals surface area contributed by atoms with E-state index >= 15 is 0 Å². The smallest absolute Gasteiger partial charge is 0.0971 e. The van der Waals surface area contributed by atoms with Crippen molar-refractivity contribution < 1.29 is 0 Å². The van der Waals surface area contributed by atoms with E-state index in [-0.39, 0.29) is 0 Å². The largest absolute Gasteiger partial charge is 0.326 e. The van der Waals surface area contributed by atoms with Crippen LogP contribution in [0.5, 0.6) is 0 Å². The summed E-state index contributed by atoms with van der Waals surface area (Å²) in [6, 6.07) is 17.1. The van der Waals surface area contributed by atoms with Crippen LogP contribution >= 0.6 is 22.6 Å². The van der Waals surface area contributed by atoms with Crippen molar-refractivity contribution in [3.8, 4) is 18.0 Å². The molecule has 0 bridgehead atoms. The molecule has 6 rings (SSSR count). The fraction of sp³-hybridized carbons (Fsp3) is 0.590. The van der Waals surface area contributed by atoms with Crippen LogP contribution in [0, 0.1) is 21.8 Å². The maximum atomic E-state index is 5.61. The summed E-state index contributed by atoms with van der Waals surface area (Å²) in [6.45, 7) is 14.2. The number of rotatable bonds is 8. The molecule has 11 heteroatoms. The molecule has 50 heavy (non-hydrogen) atoms. The summed E-state index contributed by atoms with van der Waals surface area (Å²) >= 11 is 2.27. The number of likely N-dealkylation sites (N-methyl/N-ethyl adjacent to an activating group) is 2. The fourth-order valence-corrected chi connectivity index (χ4v) is 6.71. The third-order valence-electron chi connectivity index (χ3n) is 9.82. The minimum Gasteiger partial charge on any atom is -0.326 e. The van der Waals surface area contributed by atoms with E-state index in [2.05, 4.69) is 104 Å². The summed E-state index contributed by atoms with van der Waals surface area (Å²) < 4.78 is 3.08. The van der Waals surface area contributed by atoms with Gasteiger partial charge in [0.1, 0.15) is 0 Å². The summed E-state index contributed by atoms with van der Waals surface area (Å²) in [4.78, 5) is 9.41. The van der Waals surface area contributed by atoms with E-state index in [1.165, 1.54) is 41.2 Å². The Morgan fingerprint density at radius 2 is 1.36 bits per heavy atom. The zero-order valence-electron chi connectivity index (χ0n) is 31.1. The summed E-state index contributed by atoms with van der Waals surface area (Å²) in [5, 5.41) is 11.9. The molecular formula is C39H63IN10. The van der Waals surface area contributed by atoms with Gasteiger partial charge >= 0.3 is 0 Å². The molecule has 0 unspecified atom stereocenters. The molecule has 0 amide bonds. The topological polar surface area (TPSA) is 108 Å². The number of nitrogens with two attached hydrogens (primary N) is 2. The number of aromatic nitrogens is 3. The van der Waals surface area contributed by atoms with E-state index in [1.807, 2.05) is 47.3 Å². The molecule has 0 radical (unpaired) electrons. The number of terminal acetylenes is 1. The lowest BCUT2D eigenvalue weighted by Crippen LogP contribution is -2.44. The number of hydrogen-bond acceptors (Lipinski definition) is 9. The second-order valence-electron chi connectivity index (χ2n) is 13.6. The first-order valence-corrected chi connectivity index (χ1v) is 19.4. The van der Waals surface area contributed by atoms with Gasteiger partial charge < -0.3 is 26.6 Å². The average Bonchev–Trinajstić information content (AvgIpc) is 3.63.